The van der Waals surface area contributed by atoms with E-state index in [-0.39, 0.29) is 21.5 Å². The topological polar surface area (TPSA) is 90.7 Å². The molecule has 1 fully saturated rings. The zero-order valence-electron chi connectivity index (χ0n) is 12.0. The third kappa shape index (κ3) is 3.01. The Labute approximate surface area is 146 Å². The average molecular weight is 358 g/mol. The maximum atomic E-state index is 12.6. The van der Waals surface area contributed by atoms with E-state index in [1.807, 2.05) is 6.07 Å². The molecule has 1 aliphatic rings. The van der Waals surface area contributed by atoms with Gasteiger partial charge in [-0.15, -0.1) is 0 Å². The minimum Gasteiger partial charge on any atom is -0.507 e. The van der Waals surface area contributed by atoms with Gasteiger partial charge in [-0.05, 0) is 35.9 Å². The summed E-state index contributed by atoms with van der Waals surface area (Å²) in [4.78, 5) is 29.4. The van der Waals surface area contributed by atoms with Crippen molar-refractivity contribution >= 4 is 51.9 Å². The lowest BCUT2D eigenvalue weighted by molar-refractivity contribution is -0.113. The molecule has 24 heavy (non-hydrogen) atoms. The number of hydrogen-bond acceptors (Lipinski definition) is 6. The number of carbonyl (C=O) groups is 2. The van der Waals surface area contributed by atoms with Crippen molar-refractivity contribution in [1.82, 2.24) is 4.98 Å². The minimum atomic E-state index is -1.29. The Morgan fingerprint density at radius 2 is 2.12 bits per heavy atom. The second kappa shape index (κ2) is 6.42. The van der Waals surface area contributed by atoms with Crippen LogP contribution in [-0.4, -0.2) is 31.4 Å². The van der Waals surface area contributed by atoms with Gasteiger partial charge >= 0.3 is 5.97 Å². The molecule has 0 aliphatic carbocycles. The highest BCUT2D eigenvalue weighted by atomic mass is 32.2. The van der Waals surface area contributed by atoms with Gasteiger partial charge in [0.2, 0.25) is 0 Å². The van der Waals surface area contributed by atoms with Crippen LogP contribution in [0.2, 0.25) is 0 Å². The Balaban J connectivity index is 1.97. The quantitative estimate of drug-likeness (QED) is 0.644. The maximum Gasteiger partial charge on any atom is 0.339 e. The number of hydrogen-bond donors (Lipinski definition) is 2. The second-order valence-corrected chi connectivity index (χ2v) is 6.49. The monoisotopic (exact) mass is 358 g/mol. The Morgan fingerprint density at radius 1 is 1.33 bits per heavy atom. The lowest BCUT2D eigenvalue weighted by atomic mass is 10.1. The number of phenols is 1. The average Bonchev–Trinajstić information content (AvgIpc) is 2.83. The smallest absolute Gasteiger partial charge is 0.339 e. The van der Waals surface area contributed by atoms with Gasteiger partial charge in [0.15, 0.2) is 4.32 Å². The van der Waals surface area contributed by atoms with Crippen LogP contribution in [0.4, 0.5) is 5.69 Å². The fraction of sp³-hybridized carbons (Fsp3) is 0. The van der Waals surface area contributed by atoms with E-state index in [0.717, 1.165) is 17.3 Å². The molecule has 0 bridgehead atoms. The van der Waals surface area contributed by atoms with Crippen LogP contribution in [0.15, 0.2) is 47.6 Å². The van der Waals surface area contributed by atoms with Gasteiger partial charge in [0.25, 0.3) is 5.91 Å². The van der Waals surface area contributed by atoms with Crippen molar-refractivity contribution in [3.8, 4) is 5.75 Å². The molecule has 3 rings (SSSR count). The summed E-state index contributed by atoms with van der Waals surface area (Å²) in [6.45, 7) is 0. The highest BCUT2D eigenvalue weighted by Gasteiger charge is 2.33. The molecule has 1 saturated heterocycles. The molecule has 1 aromatic carbocycles. The fourth-order valence-corrected chi connectivity index (χ4v) is 3.44. The number of aromatic carboxylic acids is 1. The van der Waals surface area contributed by atoms with Crippen LogP contribution >= 0.6 is 24.0 Å². The number of amides is 1. The summed E-state index contributed by atoms with van der Waals surface area (Å²) in [5.41, 5.74) is 0.759. The second-order valence-electron chi connectivity index (χ2n) is 4.81. The van der Waals surface area contributed by atoms with Crippen LogP contribution in [0, 0.1) is 0 Å². The Bertz CT molecular complexity index is 881. The number of nitrogens with zero attached hydrogens (tertiary/aromatic N) is 2. The van der Waals surface area contributed by atoms with Crippen LogP contribution < -0.4 is 4.90 Å². The Kier molecular flexibility index (Phi) is 4.32. The molecular weight excluding hydrogens is 348 g/mol. The first kappa shape index (κ1) is 16.2. The van der Waals surface area contributed by atoms with E-state index in [4.69, 9.17) is 17.3 Å². The van der Waals surface area contributed by atoms with Crippen molar-refractivity contribution in [1.29, 1.82) is 0 Å². The number of thioether (sulfide) groups is 1. The maximum absolute atomic E-state index is 12.6. The van der Waals surface area contributed by atoms with E-state index in [9.17, 15) is 14.7 Å². The summed E-state index contributed by atoms with van der Waals surface area (Å²) in [6, 6.07) is 7.45. The van der Waals surface area contributed by atoms with E-state index in [1.165, 1.54) is 23.1 Å². The van der Waals surface area contributed by atoms with Gasteiger partial charge in [0.1, 0.15) is 11.3 Å². The Hall–Kier alpha value is -2.71. The molecule has 0 radical (unpaired) electrons. The number of benzene rings is 1. The number of thiocarbonyl (C=S) groups is 1. The standard InChI is InChI=1S/C16H10N2O4S2/c19-12-4-3-10(7-11(12)15(21)22)18-14(20)13(24-16(18)23)6-9-2-1-5-17-8-9/h1-8,19H,(H,21,22)/b13-6-. The third-order valence-corrected chi connectivity index (χ3v) is 4.55. The summed E-state index contributed by atoms with van der Waals surface area (Å²) in [5.74, 6) is -2.01. The molecule has 0 saturated carbocycles. The van der Waals surface area contributed by atoms with Crippen LogP contribution in [0.1, 0.15) is 15.9 Å². The van der Waals surface area contributed by atoms with E-state index < -0.39 is 5.97 Å². The highest BCUT2D eigenvalue weighted by molar-refractivity contribution is 8.27. The van der Waals surface area contributed by atoms with E-state index in [0.29, 0.717) is 10.6 Å². The van der Waals surface area contributed by atoms with Crippen molar-refractivity contribution in [2.24, 2.45) is 0 Å². The molecular formula is C16H10N2O4S2. The van der Waals surface area contributed by atoms with Gasteiger partial charge in [-0.3, -0.25) is 14.7 Å². The lowest BCUT2D eigenvalue weighted by Gasteiger charge is -2.15. The first-order valence-corrected chi connectivity index (χ1v) is 7.94. The number of aromatic nitrogens is 1. The summed E-state index contributed by atoms with van der Waals surface area (Å²) >= 11 is 6.36. The van der Waals surface area contributed by atoms with Gasteiger partial charge in [0.05, 0.1) is 10.6 Å². The minimum absolute atomic E-state index is 0.289. The fourth-order valence-electron chi connectivity index (χ4n) is 2.14. The summed E-state index contributed by atoms with van der Waals surface area (Å²) < 4.78 is 0.289. The number of rotatable bonds is 3. The van der Waals surface area contributed by atoms with Crippen molar-refractivity contribution in [3.05, 3.63) is 58.8 Å². The van der Waals surface area contributed by atoms with Gasteiger partial charge in [-0.2, -0.15) is 0 Å². The van der Waals surface area contributed by atoms with Gasteiger partial charge in [-0.1, -0.05) is 30.0 Å². The molecule has 8 heteroatoms. The molecule has 120 valence electrons. The number of carboxylic acid groups (broad SMARTS) is 1. The molecule has 1 amide bonds. The normalized spacial score (nSPS) is 16.0. The summed E-state index contributed by atoms with van der Waals surface area (Å²) in [7, 11) is 0. The highest BCUT2D eigenvalue weighted by Crippen LogP contribution is 2.37. The summed E-state index contributed by atoms with van der Waals surface area (Å²) in [5, 5.41) is 18.7. The van der Waals surface area contributed by atoms with Crippen LogP contribution in [0.3, 0.4) is 0 Å². The number of aromatic hydroxyl groups is 1. The molecule has 6 nitrogen and oxygen atoms in total. The predicted octanol–water partition coefficient (Wildman–Crippen LogP) is 2.89. The third-order valence-electron chi connectivity index (χ3n) is 3.24. The largest absolute Gasteiger partial charge is 0.507 e. The molecule has 0 unspecified atom stereocenters. The summed E-state index contributed by atoms with van der Waals surface area (Å²) in [6.07, 6.45) is 4.92. The van der Waals surface area contributed by atoms with Gasteiger partial charge in [-0.25, -0.2) is 4.79 Å². The number of carboxylic acids is 1. The molecule has 2 aromatic rings. The van der Waals surface area contributed by atoms with Crippen molar-refractivity contribution in [2.45, 2.75) is 0 Å². The Morgan fingerprint density at radius 3 is 2.79 bits per heavy atom. The van der Waals surface area contributed by atoms with Crippen LogP contribution in [0.5, 0.6) is 5.75 Å². The van der Waals surface area contributed by atoms with E-state index >= 15 is 0 Å². The molecule has 2 N–H and O–H groups in total. The lowest BCUT2D eigenvalue weighted by Crippen LogP contribution is -2.27. The molecule has 2 heterocycles. The van der Waals surface area contributed by atoms with Crippen molar-refractivity contribution in [2.75, 3.05) is 4.90 Å². The van der Waals surface area contributed by atoms with Crippen molar-refractivity contribution < 1.29 is 19.8 Å². The van der Waals surface area contributed by atoms with Gasteiger partial charge in [0, 0.05) is 12.4 Å². The first-order valence-electron chi connectivity index (χ1n) is 6.71. The van der Waals surface area contributed by atoms with Crippen LogP contribution in [0.25, 0.3) is 6.08 Å². The predicted molar refractivity (Wildman–Crippen MR) is 95.0 cm³/mol. The SMILES string of the molecule is O=C(O)c1cc(N2C(=O)/C(=C/c3cccnc3)SC2=S)ccc1O. The van der Waals surface area contributed by atoms with Crippen LogP contribution in [-0.2, 0) is 4.79 Å². The van der Waals surface area contributed by atoms with E-state index in [2.05, 4.69) is 4.98 Å². The molecule has 0 atom stereocenters. The zero-order chi connectivity index (χ0) is 17.3. The molecule has 1 aromatic heterocycles. The number of carbonyl (C=O) groups excluding carboxylic acids is 1. The zero-order valence-corrected chi connectivity index (χ0v) is 13.7. The molecule has 0 spiro atoms. The first-order chi connectivity index (χ1) is 11.5. The van der Waals surface area contributed by atoms with Gasteiger partial charge < -0.3 is 10.2 Å². The number of anilines is 1. The van der Waals surface area contributed by atoms with E-state index in [1.54, 1.807) is 24.5 Å². The molecule has 1 aliphatic heterocycles. The number of pyridine rings is 1. The van der Waals surface area contributed by atoms with Crippen molar-refractivity contribution in [3.63, 3.8) is 0 Å².